The number of fused-ring (bicyclic) bond motifs is 3. The van der Waals surface area contributed by atoms with E-state index in [-0.39, 0.29) is 0 Å². The van der Waals surface area contributed by atoms with Gasteiger partial charge in [-0.3, -0.25) is 0 Å². The highest BCUT2D eigenvalue weighted by Crippen LogP contribution is 2.45. The molecule has 0 N–H and O–H groups in total. The Morgan fingerprint density at radius 3 is 2.22 bits per heavy atom. The van der Waals surface area contributed by atoms with E-state index in [1.165, 1.54) is 61.3 Å². The van der Waals surface area contributed by atoms with Crippen molar-refractivity contribution in [2.45, 2.75) is 53.9 Å². The molecule has 4 rings (SSSR count). The first-order chi connectivity index (χ1) is 12.8. The fourth-order valence-electron chi connectivity index (χ4n) is 4.64. The molecular formula is C26H30N+. The van der Waals surface area contributed by atoms with E-state index in [0.717, 1.165) is 6.42 Å². The van der Waals surface area contributed by atoms with Crippen molar-refractivity contribution in [2.75, 3.05) is 0 Å². The average molecular weight is 357 g/mol. The van der Waals surface area contributed by atoms with Crippen LogP contribution in [0.2, 0.25) is 0 Å². The molecule has 0 saturated heterocycles. The van der Waals surface area contributed by atoms with E-state index < -0.39 is 0 Å². The average Bonchev–Trinajstić information content (AvgIpc) is 2.97. The summed E-state index contributed by atoms with van der Waals surface area (Å²) in [4.78, 5) is 0. The molecule has 1 aromatic heterocycles. The summed E-state index contributed by atoms with van der Waals surface area (Å²) in [5, 5.41) is 0. The second-order valence-corrected chi connectivity index (χ2v) is 8.62. The van der Waals surface area contributed by atoms with Crippen LogP contribution in [-0.4, -0.2) is 0 Å². The van der Waals surface area contributed by atoms with Crippen LogP contribution in [0.15, 0.2) is 36.5 Å². The van der Waals surface area contributed by atoms with Crippen molar-refractivity contribution in [3.63, 3.8) is 0 Å². The van der Waals surface area contributed by atoms with E-state index in [2.05, 4.69) is 89.7 Å². The smallest absolute Gasteiger partial charge is 0.201 e. The lowest BCUT2D eigenvalue weighted by atomic mass is 9.89. The molecule has 0 aliphatic heterocycles. The van der Waals surface area contributed by atoms with Crippen molar-refractivity contribution in [3.05, 3.63) is 75.5 Å². The molecular weight excluding hydrogens is 326 g/mol. The normalized spacial score (nSPS) is 12.4. The highest BCUT2D eigenvalue weighted by Gasteiger charge is 2.28. The minimum absolute atomic E-state index is 0.558. The van der Waals surface area contributed by atoms with E-state index in [9.17, 15) is 0 Å². The van der Waals surface area contributed by atoms with E-state index in [0.29, 0.717) is 5.92 Å². The van der Waals surface area contributed by atoms with Crippen molar-refractivity contribution in [1.82, 2.24) is 0 Å². The summed E-state index contributed by atoms with van der Waals surface area (Å²) in [7, 11) is 2.17. The van der Waals surface area contributed by atoms with Crippen molar-refractivity contribution >= 4 is 0 Å². The quantitative estimate of drug-likeness (QED) is 0.382. The lowest BCUT2D eigenvalue weighted by molar-refractivity contribution is -0.660. The minimum Gasteiger partial charge on any atom is -0.201 e. The SMILES string of the molecule is Cc1cc(-c2c(C)cc(C)c3c2Cc2ccc(C(C)C)cc2-3)[n+](C)cc1C. The van der Waals surface area contributed by atoms with Gasteiger partial charge in [-0.2, -0.15) is 0 Å². The third-order valence-electron chi connectivity index (χ3n) is 6.26. The number of hydrogen-bond donors (Lipinski definition) is 0. The minimum atomic E-state index is 0.558. The molecule has 1 aliphatic carbocycles. The maximum absolute atomic E-state index is 2.43. The number of nitrogens with zero attached hydrogens (tertiary/aromatic N) is 1. The van der Waals surface area contributed by atoms with Crippen LogP contribution in [-0.2, 0) is 13.5 Å². The molecule has 0 bridgehead atoms. The van der Waals surface area contributed by atoms with Crippen LogP contribution in [0.3, 0.4) is 0 Å². The maximum Gasteiger partial charge on any atom is 0.213 e. The van der Waals surface area contributed by atoms with Gasteiger partial charge in [-0.1, -0.05) is 38.1 Å². The van der Waals surface area contributed by atoms with E-state index in [1.54, 1.807) is 0 Å². The van der Waals surface area contributed by atoms with Crippen LogP contribution in [0.5, 0.6) is 0 Å². The Labute approximate surface area is 163 Å². The molecule has 138 valence electrons. The molecule has 27 heavy (non-hydrogen) atoms. The number of rotatable bonds is 2. The summed E-state index contributed by atoms with van der Waals surface area (Å²) in [5.74, 6) is 0.558. The summed E-state index contributed by atoms with van der Waals surface area (Å²) >= 11 is 0. The Morgan fingerprint density at radius 2 is 1.52 bits per heavy atom. The molecule has 0 spiro atoms. The van der Waals surface area contributed by atoms with Crippen molar-refractivity contribution in [2.24, 2.45) is 7.05 Å². The second-order valence-electron chi connectivity index (χ2n) is 8.62. The standard InChI is InChI=1S/C26H30N/c1-15(2)20-8-9-21-13-23-25(22(21)12-20)17(4)10-18(5)26(23)24-11-16(3)19(6)14-27(24)7/h8-12,14-15H,13H2,1-7H3/q+1. The summed E-state index contributed by atoms with van der Waals surface area (Å²) < 4.78 is 2.29. The first kappa shape index (κ1) is 18.0. The van der Waals surface area contributed by atoms with Gasteiger partial charge in [-0.05, 0) is 84.5 Å². The number of hydrogen-bond acceptors (Lipinski definition) is 0. The molecule has 1 heteroatoms. The highest BCUT2D eigenvalue weighted by atomic mass is 14.9. The monoisotopic (exact) mass is 356 g/mol. The maximum atomic E-state index is 2.43. The van der Waals surface area contributed by atoms with E-state index in [4.69, 9.17) is 0 Å². The summed E-state index contributed by atoms with van der Waals surface area (Å²) in [6.45, 7) is 13.5. The number of benzene rings is 2. The Morgan fingerprint density at radius 1 is 0.815 bits per heavy atom. The summed E-state index contributed by atoms with van der Waals surface area (Å²) in [6, 6.07) is 11.8. The first-order valence-corrected chi connectivity index (χ1v) is 10.0. The van der Waals surface area contributed by atoms with Gasteiger partial charge in [0.15, 0.2) is 6.20 Å². The van der Waals surface area contributed by atoms with Gasteiger partial charge in [-0.15, -0.1) is 0 Å². The molecule has 1 aliphatic rings. The molecule has 0 radical (unpaired) electrons. The van der Waals surface area contributed by atoms with Crippen molar-refractivity contribution in [3.8, 4) is 22.4 Å². The fourth-order valence-corrected chi connectivity index (χ4v) is 4.64. The fraction of sp³-hybridized carbons (Fsp3) is 0.346. The van der Waals surface area contributed by atoms with Gasteiger partial charge in [0.2, 0.25) is 5.69 Å². The number of pyridine rings is 1. The van der Waals surface area contributed by atoms with Gasteiger partial charge < -0.3 is 0 Å². The molecule has 1 heterocycles. The molecule has 0 fully saturated rings. The zero-order valence-electron chi connectivity index (χ0n) is 17.7. The number of aromatic nitrogens is 1. The molecule has 0 atom stereocenters. The Bertz CT molecular complexity index is 1070. The van der Waals surface area contributed by atoms with Gasteiger partial charge in [-0.25, -0.2) is 4.57 Å². The topological polar surface area (TPSA) is 3.88 Å². The zero-order valence-corrected chi connectivity index (χ0v) is 17.7. The van der Waals surface area contributed by atoms with E-state index >= 15 is 0 Å². The van der Waals surface area contributed by atoms with Crippen LogP contribution in [0, 0.1) is 27.7 Å². The van der Waals surface area contributed by atoms with Gasteiger partial charge >= 0.3 is 0 Å². The lowest BCUT2D eigenvalue weighted by Crippen LogP contribution is -2.32. The van der Waals surface area contributed by atoms with Crippen LogP contribution >= 0.6 is 0 Å². The molecule has 0 amide bonds. The van der Waals surface area contributed by atoms with Gasteiger partial charge in [0.05, 0.1) is 5.56 Å². The highest BCUT2D eigenvalue weighted by molar-refractivity contribution is 5.87. The van der Waals surface area contributed by atoms with Crippen LogP contribution in [0.1, 0.15) is 58.7 Å². The van der Waals surface area contributed by atoms with Gasteiger partial charge in [0, 0.05) is 11.6 Å². The second kappa shape index (κ2) is 6.34. The van der Waals surface area contributed by atoms with Crippen molar-refractivity contribution < 1.29 is 4.57 Å². The van der Waals surface area contributed by atoms with Gasteiger partial charge in [0.25, 0.3) is 0 Å². The predicted molar refractivity (Wildman–Crippen MR) is 114 cm³/mol. The third-order valence-corrected chi connectivity index (χ3v) is 6.26. The lowest BCUT2D eigenvalue weighted by Gasteiger charge is -2.15. The Kier molecular flexibility index (Phi) is 4.22. The third kappa shape index (κ3) is 2.81. The Balaban J connectivity index is 2.00. The first-order valence-electron chi connectivity index (χ1n) is 10.0. The van der Waals surface area contributed by atoms with E-state index in [1.807, 2.05) is 0 Å². The molecule has 1 nitrogen and oxygen atoms in total. The largest absolute Gasteiger partial charge is 0.213 e. The molecule has 3 aromatic rings. The molecule has 0 unspecified atom stereocenters. The predicted octanol–water partition coefficient (Wildman–Crippen LogP) is 6.11. The van der Waals surface area contributed by atoms with Crippen LogP contribution in [0.25, 0.3) is 22.4 Å². The van der Waals surface area contributed by atoms with Crippen molar-refractivity contribution in [1.29, 1.82) is 0 Å². The molecule has 0 saturated carbocycles. The van der Waals surface area contributed by atoms with Crippen LogP contribution in [0.4, 0.5) is 0 Å². The molecule has 2 aromatic carbocycles. The summed E-state index contributed by atoms with van der Waals surface area (Å²) in [5.41, 5.74) is 15.5. The summed E-state index contributed by atoms with van der Waals surface area (Å²) in [6.07, 6.45) is 3.29. The Hall–Kier alpha value is -2.41. The number of aryl methyl sites for hydroxylation is 5. The van der Waals surface area contributed by atoms with Gasteiger partial charge in [0.1, 0.15) is 7.05 Å². The van der Waals surface area contributed by atoms with Crippen LogP contribution < -0.4 is 4.57 Å². The zero-order chi connectivity index (χ0) is 19.5.